The maximum atomic E-state index is 11.6. The molecule has 0 saturated heterocycles. The van der Waals surface area contributed by atoms with Crippen LogP contribution in [0.5, 0.6) is 0 Å². The second-order valence-electron chi connectivity index (χ2n) is 3.30. The molecule has 0 aliphatic heterocycles. The molecule has 0 unspecified atom stereocenters. The van der Waals surface area contributed by atoms with E-state index in [0.717, 1.165) is 18.4 Å². The van der Waals surface area contributed by atoms with Crippen LogP contribution in [0.1, 0.15) is 28.8 Å². The van der Waals surface area contributed by atoms with Crippen molar-refractivity contribution in [3.8, 4) is 0 Å². The summed E-state index contributed by atoms with van der Waals surface area (Å²) >= 11 is 17.7. The number of benzene rings is 1. The Bertz CT molecular complexity index is 412. The van der Waals surface area contributed by atoms with Gasteiger partial charge in [-0.1, -0.05) is 34.8 Å². The van der Waals surface area contributed by atoms with Crippen molar-refractivity contribution < 1.29 is 4.79 Å². The Morgan fingerprint density at radius 1 is 1.07 bits per heavy atom. The molecular weight excluding hydrogens is 242 g/mol. The fraction of sp³-hybridized carbons (Fsp3) is 0.300. The summed E-state index contributed by atoms with van der Waals surface area (Å²) in [5.41, 5.74) is 1.48. The average molecular weight is 250 g/mol. The first-order valence-electron chi connectivity index (χ1n) is 4.31. The van der Waals surface area contributed by atoms with E-state index in [9.17, 15) is 4.79 Å². The van der Waals surface area contributed by atoms with Crippen LogP contribution in [0, 0.1) is 0 Å². The molecule has 0 N–H and O–H groups in total. The molecule has 0 radical (unpaired) electrons. The molecule has 4 heteroatoms. The highest BCUT2D eigenvalue weighted by Gasteiger charge is 2.23. The van der Waals surface area contributed by atoms with Gasteiger partial charge in [0.2, 0.25) is 0 Å². The molecular formula is C10H7Cl3O. The largest absolute Gasteiger partial charge is 0.294 e. The summed E-state index contributed by atoms with van der Waals surface area (Å²) in [5.74, 6) is 0.0646. The molecule has 74 valence electrons. The highest BCUT2D eigenvalue weighted by Crippen LogP contribution is 2.38. The average Bonchev–Trinajstić information content (AvgIpc) is 2.14. The third kappa shape index (κ3) is 1.54. The van der Waals surface area contributed by atoms with Crippen LogP contribution in [-0.2, 0) is 6.42 Å². The Morgan fingerprint density at radius 2 is 1.79 bits per heavy atom. The second-order valence-corrected chi connectivity index (χ2v) is 4.46. The summed E-state index contributed by atoms with van der Waals surface area (Å²) < 4.78 is 0. The summed E-state index contributed by atoms with van der Waals surface area (Å²) in [6.45, 7) is 0. The van der Waals surface area contributed by atoms with Crippen LogP contribution in [-0.4, -0.2) is 5.78 Å². The first-order valence-corrected chi connectivity index (χ1v) is 5.44. The van der Waals surface area contributed by atoms with E-state index in [0.29, 0.717) is 22.0 Å². The van der Waals surface area contributed by atoms with Gasteiger partial charge in [-0.25, -0.2) is 0 Å². The van der Waals surface area contributed by atoms with Crippen molar-refractivity contribution in [1.29, 1.82) is 0 Å². The predicted octanol–water partition coefficient (Wildman–Crippen LogP) is 4.17. The third-order valence-electron chi connectivity index (χ3n) is 2.37. The van der Waals surface area contributed by atoms with Gasteiger partial charge in [0.1, 0.15) is 0 Å². The first kappa shape index (κ1) is 10.3. The molecule has 1 aliphatic rings. The summed E-state index contributed by atoms with van der Waals surface area (Å²) in [6, 6.07) is 1.74. The lowest BCUT2D eigenvalue weighted by atomic mass is 9.91. The van der Waals surface area contributed by atoms with Crippen molar-refractivity contribution >= 4 is 40.6 Å². The normalized spacial score (nSPS) is 15.5. The Morgan fingerprint density at radius 3 is 2.50 bits per heavy atom. The number of halogens is 3. The molecule has 0 atom stereocenters. The summed E-state index contributed by atoms with van der Waals surface area (Å²) in [4.78, 5) is 11.6. The van der Waals surface area contributed by atoms with E-state index in [1.807, 2.05) is 0 Å². The highest BCUT2D eigenvalue weighted by atomic mass is 35.5. The number of Topliss-reactive ketones (excluding diaryl/α,β-unsaturated/α-hetero) is 1. The topological polar surface area (TPSA) is 17.1 Å². The quantitative estimate of drug-likeness (QED) is 0.631. The standard InChI is InChI=1S/C10H7Cl3O/c11-6-4-5-2-1-3-7(14)8(5)10(13)9(6)12/h4H,1-3H2. The maximum Gasteiger partial charge on any atom is 0.164 e. The van der Waals surface area contributed by atoms with Crippen molar-refractivity contribution in [2.24, 2.45) is 0 Å². The number of carbonyl (C=O) groups is 1. The van der Waals surface area contributed by atoms with E-state index in [1.165, 1.54) is 0 Å². The van der Waals surface area contributed by atoms with Gasteiger partial charge in [-0.3, -0.25) is 4.79 Å². The van der Waals surface area contributed by atoms with E-state index in [1.54, 1.807) is 6.07 Å². The molecule has 1 aromatic carbocycles. The summed E-state index contributed by atoms with van der Waals surface area (Å²) in [5, 5.41) is 1.01. The second kappa shape index (κ2) is 3.73. The maximum absolute atomic E-state index is 11.6. The van der Waals surface area contributed by atoms with Crippen LogP contribution in [0.25, 0.3) is 0 Å². The molecule has 0 heterocycles. The van der Waals surface area contributed by atoms with Gasteiger partial charge in [0.25, 0.3) is 0 Å². The van der Waals surface area contributed by atoms with E-state index in [4.69, 9.17) is 34.8 Å². The monoisotopic (exact) mass is 248 g/mol. The van der Waals surface area contributed by atoms with Crippen LogP contribution in [0.2, 0.25) is 15.1 Å². The zero-order valence-corrected chi connectivity index (χ0v) is 9.51. The van der Waals surface area contributed by atoms with Crippen LogP contribution in [0.3, 0.4) is 0 Å². The zero-order valence-electron chi connectivity index (χ0n) is 7.24. The van der Waals surface area contributed by atoms with Crippen LogP contribution in [0.15, 0.2) is 6.07 Å². The Hall–Kier alpha value is -0.240. The first-order chi connectivity index (χ1) is 6.61. The van der Waals surface area contributed by atoms with Crippen LogP contribution in [0.4, 0.5) is 0 Å². The lowest BCUT2D eigenvalue weighted by molar-refractivity contribution is 0.0972. The molecule has 0 saturated carbocycles. The number of carbonyl (C=O) groups excluding carboxylic acids is 1. The molecule has 0 spiro atoms. The van der Waals surface area contributed by atoms with Gasteiger partial charge in [-0.2, -0.15) is 0 Å². The summed E-state index contributed by atoms with van der Waals surface area (Å²) in [7, 11) is 0. The van der Waals surface area contributed by atoms with Crippen LogP contribution >= 0.6 is 34.8 Å². The van der Waals surface area contributed by atoms with Gasteiger partial charge in [0.05, 0.1) is 15.1 Å². The van der Waals surface area contributed by atoms with Gasteiger partial charge in [-0.15, -0.1) is 0 Å². The van der Waals surface area contributed by atoms with Crippen molar-refractivity contribution in [3.05, 3.63) is 32.3 Å². The van der Waals surface area contributed by atoms with Crippen molar-refractivity contribution in [2.45, 2.75) is 19.3 Å². The highest BCUT2D eigenvalue weighted by molar-refractivity contribution is 6.49. The lowest BCUT2D eigenvalue weighted by Crippen LogP contribution is -2.11. The number of fused-ring (bicyclic) bond motifs is 1. The molecule has 14 heavy (non-hydrogen) atoms. The SMILES string of the molecule is O=C1CCCc2cc(Cl)c(Cl)c(Cl)c21. The van der Waals surface area contributed by atoms with Crippen molar-refractivity contribution in [3.63, 3.8) is 0 Å². The van der Waals surface area contributed by atoms with Gasteiger partial charge in [0.15, 0.2) is 5.78 Å². The van der Waals surface area contributed by atoms with E-state index in [2.05, 4.69) is 0 Å². The number of hydrogen-bond donors (Lipinski definition) is 0. The van der Waals surface area contributed by atoms with Crippen molar-refractivity contribution in [1.82, 2.24) is 0 Å². The molecule has 1 aliphatic carbocycles. The number of aryl methyl sites for hydroxylation is 1. The smallest absolute Gasteiger partial charge is 0.164 e. The number of rotatable bonds is 0. The minimum absolute atomic E-state index is 0.0646. The zero-order chi connectivity index (χ0) is 10.3. The fourth-order valence-corrected chi connectivity index (χ4v) is 2.46. The molecule has 0 amide bonds. The fourth-order valence-electron chi connectivity index (χ4n) is 1.71. The number of ketones is 1. The van der Waals surface area contributed by atoms with Crippen molar-refractivity contribution in [2.75, 3.05) is 0 Å². The molecule has 0 aromatic heterocycles. The van der Waals surface area contributed by atoms with E-state index >= 15 is 0 Å². The molecule has 1 aromatic rings. The van der Waals surface area contributed by atoms with Gasteiger partial charge < -0.3 is 0 Å². The van der Waals surface area contributed by atoms with E-state index in [-0.39, 0.29) is 10.8 Å². The van der Waals surface area contributed by atoms with Gasteiger partial charge in [0, 0.05) is 12.0 Å². The molecule has 0 bridgehead atoms. The van der Waals surface area contributed by atoms with Crippen LogP contribution < -0.4 is 0 Å². The molecule has 2 rings (SSSR count). The summed E-state index contributed by atoms with van der Waals surface area (Å²) in [6.07, 6.45) is 2.25. The lowest BCUT2D eigenvalue weighted by Gasteiger charge is -2.17. The predicted molar refractivity (Wildman–Crippen MR) is 58.7 cm³/mol. The number of hydrogen-bond acceptors (Lipinski definition) is 1. The molecule has 0 fully saturated rings. The third-order valence-corrected chi connectivity index (χ3v) is 3.63. The Kier molecular flexibility index (Phi) is 2.74. The minimum Gasteiger partial charge on any atom is -0.294 e. The Balaban J connectivity index is 2.70. The van der Waals surface area contributed by atoms with Gasteiger partial charge >= 0.3 is 0 Å². The Labute approximate surface area is 97.0 Å². The minimum atomic E-state index is 0.0646. The van der Waals surface area contributed by atoms with E-state index < -0.39 is 0 Å². The molecule has 1 nitrogen and oxygen atoms in total. The van der Waals surface area contributed by atoms with Gasteiger partial charge in [-0.05, 0) is 24.5 Å².